The van der Waals surface area contributed by atoms with Crippen LogP contribution in [0.15, 0.2) is 29.2 Å². The van der Waals surface area contributed by atoms with Crippen LogP contribution in [0.5, 0.6) is 0 Å². The maximum Gasteiger partial charge on any atom is 0.242 e. The van der Waals surface area contributed by atoms with Crippen LogP contribution in [0.4, 0.5) is 5.69 Å². The summed E-state index contributed by atoms with van der Waals surface area (Å²) < 4.78 is 27.1. The number of nitrogens with zero attached hydrogens (tertiary/aromatic N) is 1. The summed E-state index contributed by atoms with van der Waals surface area (Å²) in [5.41, 5.74) is 6.50. The quantitative estimate of drug-likeness (QED) is 0.855. The molecule has 0 radical (unpaired) electrons. The van der Waals surface area contributed by atoms with E-state index in [1.54, 1.807) is 19.1 Å². The largest absolute Gasteiger partial charge is 0.370 e. The molecule has 0 spiro atoms. The second-order valence-corrected chi connectivity index (χ2v) is 6.87. The predicted molar refractivity (Wildman–Crippen MR) is 81.3 cm³/mol. The van der Waals surface area contributed by atoms with Gasteiger partial charge in [-0.1, -0.05) is 19.1 Å². The molecule has 0 amide bonds. The van der Waals surface area contributed by atoms with Crippen molar-refractivity contribution in [2.75, 3.05) is 31.1 Å². The SMILES string of the molecule is CCNS(=O)(=O)c1ccccc1N1CCC(CN)CC1. The second kappa shape index (κ2) is 6.56. The number of piperidine rings is 1. The highest BCUT2D eigenvalue weighted by molar-refractivity contribution is 7.89. The maximum absolute atomic E-state index is 12.3. The Balaban J connectivity index is 2.25. The van der Waals surface area contributed by atoms with Crippen LogP contribution in [0.3, 0.4) is 0 Å². The van der Waals surface area contributed by atoms with Gasteiger partial charge < -0.3 is 10.6 Å². The van der Waals surface area contributed by atoms with E-state index in [9.17, 15) is 8.42 Å². The highest BCUT2D eigenvalue weighted by atomic mass is 32.2. The molecule has 1 aliphatic heterocycles. The number of hydrogen-bond donors (Lipinski definition) is 2. The number of para-hydroxylation sites is 1. The van der Waals surface area contributed by atoms with Crippen molar-refractivity contribution in [3.05, 3.63) is 24.3 Å². The first kappa shape index (κ1) is 15.3. The van der Waals surface area contributed by atoms with Crippen LogP contribution in [0.1, 0.15) is 19.8 Å². The van der Waals surface area contributed by atoms with Crippen LogP contribution in [-0.2, 0) is 10.0 Å². The van der Waals surface area contributed by atoms with E-state index in [2.05, 4.69) is 9.62 Å². The minimum absolute atomic E-state index is 0.369. The minimum Gasteiger partial charge on any atom is -0.370 e. The number of benzene rings is 1. The average molecular weight is 297 g/mol. The zero-order valence-corrected chi connectivity index (χ0v) is 12.7. The Morgan fingerprint density at radius 1 is 1.30 bits per heavy atom. The molecule has 6 heteroatoms. The topological polar surface area (TPSA) is 75.4 Å². The molecule has 20 heavy (non-hydrogen) atoms. The van der Waals surface area contributed by atoms with Crippen molar-refractivity contribution in [1.82, 2.24) is 4.72 Å². The van der Waals surface area contributed by atoms with E-state index >= 15 is 0 Å². The fourth-order valence-electron chi connectivity index (χ4n) is 2.62. The van der Waals surface area contributed by atoms with Crippen molar-refractivity contribution in [2.45, 2.75) is 24.7 Å². The van der Waals surface area contributed by atoms with E-state index in [-0.39, 0.29) is 0 Å². The molecule has 1 heterocycles. The fraction of sp³-hybridized carbons (Fsp3) is 0.571. The van der Waals surface area contributed by atoms with E-state index in [4.69, 9.17) is 5.73 Å². The highest BCUT2D eigenvalue weighted by Crippen LogP contribution is 2.28. The molecule has 1 fully saturated rings. The molecule has 0 unspecified atom stereocenters. The van der Waals surface area contributed by atoms with Crippen LogP contribution in [0, 0.1) is 5.92 Å². The normalized spacial score (nSPS) is 17.4. The molecule has 0 atom stereocenters. The first-order chi connectivity index (χ1) is 9.58. The van der Waals surface area contributed by atoms with Gasteiger partial charge in [-0.25, -0.2) is 13.1 Å². The molecule has 0 aromatic heterocycles. The minimum atomic E-state index is -3.43. The lowest BCUT2D eigenvalue weighted by Gasteiger charge is -2.34. The first-order valence-corrected chi connectivity index (χ1v) is 8.60. The van der Waals surface area contributed by atoms with Crippen molar-refractivity contribution in [3.8, 4) is 0 Å². The van der Waals surface area contributed by atoms with Crippen LogP contribution in [0.2, 0.25) is 0 Å². The fourth-order valence-corrected chi connectivity index (χ4v) is 3.89. The summed E-state index contributed by atoms with van der Waals surface area (Å²) in [5.74, 6) is 0.559. The maximum atomic E-state index is 12.3. The van der Waals surface area contributed by atoms with Crippen molar-refractivity contribution in [3.63, 3.8) is 0 Å². The van der Waals surface area contributed by atoms with Gasteiger partial charge in [0.2, 0.25) is 10.0 Å². The van der Waals surface area contributed by atoms with E-state index < -0.39 is 10.0 Å². The zero-order valence-electron chi connectivity index (χ0n) is 11.9. The number of nitrogens with two attached hydrogens (primary N) is 1. The van der Waals surface area contributed by atoms with Gasteiger partial charge in [-0.2, -0.15) is 0 Å². The lowest BCUT2D eigenvalue weighted by molar-refractivity contribution is 0.413. The van der Waals surface area contributed by atoms with Gasteiger partial charge >= 0.3 is 0 Å². The predicted octanol–water partition coefficient (Wildman–Crippen LogP) is 1.16. The van der Waals surface area contributed by atoms with Gasteiger partial charge in [0.25, 0.3) is 0 Å². The second-order valence-electron chi connectivity index (χ2n) is 5.14. The summed E-state index contributed by atoms with van der Waals surface area (Å²) in [6, 6.07) is 7.20. The van der Waals surface area contributed by atoms with Crippen molar-refractivity contribution in [1.29, 1.82) is 0 Å². The Kier molecular flexibility index (Phi) is 5.01. The Morgan fingerprint density at radius 3 is 2.55 bits per heavy atom. The number of nitrogens with one attached hydrogen (secondary N) is 1. The molecule has 1 aromatic rings. The molecule has 1 saturated heterocycles. The molecule has 3 N–H and O–H groups in total. The summed E-state index contributed by atoms with van der Waals surface area (Å²) in [5, 5.41) is 0. The van der Waals surface area contributed by atoms with E-state index in [0.717, 1.165) is 31.6 Å². The van der Waals surface area contributed by atoms with Crippen LogP contribution in [-0.4, -0.2) is 34.6 Å². The molecule has 2 rings (SSSR count). The van der Waals surface area contributed by atoms with Gasteiger partial charge in [0.15, 0.2) is 0 Å². The Morgan fingerprint density at radius 2 is 1.95 bits per heavy atom. The van der Waals surface area contributed by atoms with Crippen molar-refractivity contribution in [2.24, 2.45) is 11.7 Å². The van der Waals surface area contributed by atoms with E-state index in [0.29, 0.717) is 23.9 Å². The number of sulfonamides is 1. The van der Waals surface area contributed by atoms with Crippen LogP contribution in [0.25, 0.3) is 0 Å². The van der Waals surface area contributed by atoms with Crippen molar-refractivity contribution < 1.29 is 8.42 Å². The Labute approximate surface area is 121 Å². The molecule has 0 bridgehead atoms. The highest BCUT2D eigenvalue weighted by Gasteiger charge is 2.24. The Bertz CT molecular complexity index is 537. The summed E-state index contributed by atoms with van der Waals surface area (Å²) in [6.45, 7) is 4.62. The van der Waals surface area contributed by atoms with Gasteiger partial charge in [-0.05, 0) is 37.4 Å². The molecular formula is C14H23N3O2S. The molecule has 1 aliphatic rings. The van der Waals surface area contributed by atoms with Gasteiger partial charge in [0, 0.05) is 19.6 Å². The number of anilines is 1. The average Bonchev–Trinajstić information content (AvgIpc) is 2.47. The van der Waals surface area contributed by atoms with Crippen LogP contribution < -0.4 is 15.4 Å². The van der Waals surface area contributed by atoms with Crippen LogP contribution >= 0.6 is 0 Å². The molecule has 0 saturated carbocycles. The van der Waals surface area contributed by atoms with E-state index in [1.807, 2.05) is 12.1 Å². The third-order valence-corrected chi connectivity index (χ3v) is 5.37. The van der Waals surface area contributed by atoms with Gasteiger partial charge in [0.05, 0.1) is 5.69 Å². The first-order valence-electron chi connectivity index (χ1n) is 7.12. The summed E-state index contributed by atoms with van der Waals surface area (Å²) in [7, 11) is -3.43. The summed E-state index contributed by atoms with van der Waals surface area (Å²) in [4.78, 5) is 2.52. The molecule has 0 aliphatic carbocycles. The Hall–Kier alpha value is -1.11. The number of rotatable bonds is 5. The third kappa shape index (κ3) is 3.31. The van der Waals surface area contributed by atoms with Gasteiger partial charge in [-0.15, -0.1) is 0 Å². The third-order valence-electron chi connectivity index (χ3n) is 3.78. The lowest BCUT2D eigenvalue weighted by Crippen LogP contribution is -2.37. The standard InChI is InChI=1S/C14H23N3O2S/c1-2-16-20(18,19)14-6-4-3-5-13(14)17-9-7-12(11-15)8-10-17/h3-6,12,16H,2,7-11,15H2,1H3. The van der Waals surface area contributed by atoms with Gasteiger partial charge in [-0.3, -0.25) is 0 Å². The van der Waals surface area contributed by atoms with Crippen molar-refractivity contribution >= 4 is 15.7 Å². The number of hydrogen-bond acceptors (Lipinski definition) is 4. The smallest absolute Gasteiger partial charge is 0.242 e. The molecule has 112 valence electrons. The summed E-state index contributed by atoms with van der Waals surface area (Å²) in [6.07, 6.45) is 2.04. The van der Waals surface area contributed by atoms with E-state index in [1.165, 1.54) is 0 Å². The molecular weight excluding hydrogens is 274 g/mol. The zero-order chi connectivity index (χ0) is 14.6. The summed E-state index contributed by atoms with van der Waals surface area (Å²) >= 11 is 0. The monoisotopic (exact) mass is 297 g/mol. The molecule has 5 nitrogen and oxygen atoms in total. The van der Waals surface area contributed by atoms with Gasteiger partial charge in [0.1, 0.15) is 4.90 Å². The lowest BCUT2D eigenvalue weighted by atomic mass is 9.97. The molecule has 1 aromatic carbocycles.